The summed E-state index contributed by atoms with van der Waals surface area (Å²) in [6.45, 7) is 0.855. The number of carbonyl (C=O) groups excluding carboxylic acids is 1. The van der Waals surface area contributed by atoms with Gasteiger partial charge >= 0.3 is 5.97 Å². The van der Waals surface area contributed by atoms with Gasteiger partial charge in [-0.1, -0.05) is 0 Å². The number of methoxy groups -OCH3 is 2. The first kappa shape index (κ1) is 14.9. The van der Waals surface area contributed by atoms with E-state index >= 15 is 0 Å². The van der Waals surface area contributed by atoms with Crippen molar-refractivity contribution in [2.45, 2.75) is 0 Å². The fourth-order valence-corrected chi connectivity index (χ4v) is 1.70. The lowest BCUT2D eigenvalue weighted by Crippen LogP contribution is -2.05. The van der Waals surface area contributed by atoms with Crippen molar-refractivity contribution in [2.24, 2.45) is 0 Å². The Morgan fingerprint density at radius 3 is 2.76 bits per heavy atom. The van der Waals surface area contributed by atoms with Crippen molar-refractivity contribution in [3.8, 4) is 17.2 Å². The van der Waals surface area contributed by atoms with Crippen LogP contribution < -0.4 is 4.74 Å². The van der Waals surface area contributed by atoms with Gasteiger partial charge in [0.25, 0.3) is 0 Å². The monoisotopic (exact) mass is 292 g/mol. The Hall–Kier alpha value is -2.54. The molecular formula is C14H16N2O5. The molecule has 1 heterocycles. The zero-order valence-corrected chi connectivity index (χ0v) is 11.8. The zero-order valence-electron chi connectivity index (χ0n) is 11.8. The number of ether oxygens (including phenoxy) is 3. The summed E-state index contributed by atoms with van der Waals surface area (Å²) in [6.07, 6.45) is 1.56. The van der Waals surface area contributed by atoms with Crippen molar-refractivity contribution in [1.82, 2.24) is 9.78 Å². The summed E-state index contributed by atoms with van der Waals surface area (Å²) in [5.74, 6) is -0.0224. The molecule has 0 saturated heterocycles. The largest absolute Gasteiger partial charge is 0.506 e. The topological polar surface area (TPSA) is 82.8 Å². The van der Waals surface area contributed by atoms with Gasteiger partial charge in [-0.2, -0.15) is 5.10 Å². The molecule has 0 saturated carbocycles. The number of hydrogen-bond donors (Lipinski definition) is 1. The average molecular weight is 292 g/mol. The summed E-state index contributed by atoms with van der Waals surface area (Å²) in [5, 5.41) is 14.1. The number of esters is 1. The minimum atomic E-state index is -0.534. The number of benzene rings is 1. The van der Waals surface area contributed by atoms with E-state index in [-0.39, 0.29) is 11.4 Å². The Morgan fingerprint density at radius 1 is 1.29 bits per heavy atom. The van der Waals surface area contributed by atoms with Crippen LogP contribution in [0.3, 0.4) is 0 Å². The molecule has 0 atom stereocenters. The van der Waals surface area contributed by atoms with Crippen LogP contribution in [-0.4, -0.2) is 48.3 Å². The molecule has 0 bridgehead atoms. The van der Waals surface area contributed by atoms with E-state index in [0.717, 1.165) is 0 Å². The predicted octanol–water partition coefficient (Wildman–Crippen LogP) is 1.39. The van der Waals surface area contributed by atoms with Gasteiger partial charge in [0.1, 0.15) is 23.8 Å². The van der Waals surface area contributed by atoms with E-state index in [1.165, 1.54) is 23.9 Å². The third-order valence-electron chi connectivity index (χ3n) is 2.73. The normalized spacial score (nSPS) is 10.4. The molecule has 0 fully saturated rings. The first-order valence-electron chi connectivity index (χ1n) is 6.25. The number of rotatable bonds is 6. The second kappa shape index (κ2) is 6.76. The second-order valence-electron chi connectivity index (χ2n) is 4.13. The van der Waals surface area contributed by atoms with Gasteiger partial charge in [0.15, 0.2) is 5.69 Å². The lowest BCUT2D eigenvalue weighted by atomic mass is 10.3. The van der Waals surface area contributed by atoms with Crippen LogP contribution in [0.5, 0.6) is 11.5 Å². The Kier molecular flexibility index (Phi) is 4.78. The van der Waals surface area contributed by atoms with E-state index in [4.69, 9.17) is 9.47 Å². The van der Waals surface area contributed by atoms with Crippen LogP contribution in [0.25, 0.3) is 5.69 Å². The van der Waals surface area contributed by atoms with Crippen LogP contribution in [0, 0.1) is 0 Å². The zero-order chi connectivity index (χ0) is 15.2. The molecule has 2 rings (SSSR count). The van der Waals surface area contributed by atoms with E-state index in [2.05, 4.69) is 9.84 Å². The molecule has 0 unspecified atom stereocenters. The molecule has 0 spiro atoms. The van der Waals surface area contributed by atoms with Crippen molar-refractivity contribution < 1.29 is 24.1 Å². The predicted molar refractivity (Wildman–Crippen MR) is 73.9 cm³/mol. The summed E-state index contributed by atoms with van der Waals surface area (Å²) in [7, 11) is 2.87. The molecule has 0 radical (unpaired) electrons. The molecule has 1 aromatic carbocycles. The number of nitrogens with zero attached hydrogens (tertiary/aromatic N) is 2. The van der Waals surface area contributed by atoms with E-state index < -0.39 is 5.97 Å². The Labute approximate surface area is 121 Å². The van der Waals surface area contributed by atoms with Gasteiger partial charge in [0.2, 0.25) is 0 Å². The molecule has 0 amide bonds. The molecule has 0 aliphatic rings. The smallest absolute Gasteiger partial charge is 0.358 e. The van der Waals surface area contributed by atoms with Gasteiger partial charge in [-0.25, -0.2) is 9.48 Å². The first-order valence-corrected chi connectivity index (χ1v) is 6.25. The highest BCUT2D eigenvalue weighted by Gasteiger charge is 2.12. The van der Waals surface area contributed by atoms with Crippen molar-refractivity contribution in [2.75, 3.05) is 27.4 Å². The molecule has 0 aliphatic carbocycles. The van der Waals surface area contributed by atoms with E-state index in [0.29, 0.717) is 24.7 Å². The summed E-state index contributed by atoms with van der Waals surface area (Å²) in [6, 6.07) is 6.33. The lowest BCUT2D eigenvalue weighted by molar-refractivity contribution is 0.0593. The van der Waals surface area contributed by atoms with E-state index in [1.54, 1.807) is 25.4 Å². The molecule has 2 aromatic rings. The Bertz CT molecular complexity index is 624. The number of phenolic OH excluding ortho intramolecular Hbond substituents is 1. The average Bonchev–Trinajstić information content (AvgIpc) is 2.96. The molecule has 7 heteroatoms. The summed E-state index contributed by atoms with van der Waals surface area (Å²) in [4.78, 5) is 11.4. The summed E-state index contributed by atoms with van der Waals surface area (Å²) >= 11 is 0. The van der Waals surface area contributed by atoms with Crippen molar-refractivity contribution in [3.63, 3.8) is 0 Å². The number of phenols is 1. The van der Waals surface area contributed by atoms with Crippen LogP contribution in [0.2, 0.25) is 0 Å². The number of aromatic hydroxyl groups is 1. The van der Waals surface area contributed by atoms with Crippen molar-refractivity contribution in [1.29, 1.82) is 0 Å². The van der Waals surface area contributed by atoms with Gasteiger partial charge in [0.05, 0.1) is 13.7 Å². The van der Waals surface area contributed by atoms with Crippen molar-refractivity contribution in [3.05, 3.63) is 36.2 Å². The maximum atomic E-state index is 11.4. The van der Waals surface area contributed by atoms with Crippen LogP contribution in [0.15, 0.2) is 30.5 Å². The molecular weight excluding hydrogens is 276 g/mol. The molecule has 7 nitrogen and oxygen atoms in total. The number of hydrogen-bond acceptors (Lipinski definition) is 6. The maximum absolute atomic E-state index is 11.4. The Balaban J connectivity index is 2.17. The molecule has 0 aliphatic heterocycles. The van der Waals surface area contributed by atoms with E-state index in [1.807, 2.05) is 0 Å². The SMILES string of the molecule is COCCOc1ccc(-n2ccc(C(=O)OC)n2)c(O)c1. The van der Waals surface area contributed by atoms with Crippen LogP contribution in [0.1, 0.15) is 10.5 Å². The molecule has 1 N–H and O–H groups in total. The molecule has 21 heavy (non-hydrogen) atoms. The minimum absolute atomic E-state index is 0.00978. The highest BCUT2D eigenvalue weighted by molar-refractivity contribution is 5.87. The third kappa shape index (κ3) is 3.51. The molecule has 112 valence electrons. The second-order valence-corrected chi connectivity index (χ2v) is 4.13. The van der Waals surface area contributed by atoms with Crippen LogP contribution >= 0.6 is 0 Å². The maximum Gasteiger partial charge on any atom is 0.358 e. The summed E-state index contributed by atoms with van der Waals surface area (Å²) < 4.78 is 16.2. The number of carbonyl (C=O) groups is 1. The van der Waals surface area contributed by atoms with Gasteiger partial charge in [-0.3, -0.25) is 0 Å². The first-order chi connectivity index (χ1) is 10.2. The Morgan fingerprint density at radius 2 is 2.10 bits per heavy atom. The van der Waals surface area contributed by atoms with Gasteiger partial charge in [-0.15, -0.1) is 0 Å². The quantitative estimate of drug-likeness (QED) is 0.640. The van der Waals surface area contributed by atoms with Gasteiger partial charge in [-0.05, 0) is 18.2 Å². The summed E-state index contributed by atoms with van der Waals surface area (Å²) in [5.41, 5.74) is 0.599. The lowest BCUT2D eigenvalue weighted by Gasteiger charge is -2.09. The fourth-order valence-electron chi connectivity index (χ4n) is 1.70. The fraction of sp³-hybridized carbons (Fsp3) is 0.286. The third-order valence-corrected chi connectivity index (χ3v) is 2.73. The standard InChI is InChI=1S/C14H16N2O5/c1-19-7-8-21-10-3-4-12(13(17)9-10)16-6-5-11(15-16)14(18)20-2/h3-6,9,17H,7-8H2,1-2H3. The van der Waals surface area contributed by atoms with Gasteiger partial charge in [0, 0.05) is 19.4 Å². The van der Waals surface area contributed by atoms with E-state index in [9.17, 15) is 9.90 Å². The molecule has 1 aromatic heterocycles. The highest BCUT2D eigenvalue weighted by Crippen LogP contribution is 2.26. The van der Waals surface area contributed by atoms with Crippen molar-refractivity contribution >= 4 is 5.97 Å². The number of aromatic nitrogens is 2. The van der Waals surface area contributed by atoms with Gasteiger partial charge < -0.3 is 19.3 Å². The van der Waals surface area contributed by atoms with Crippen LogP contribution in [-0.2, 0) is 9.47 Å². The minimum Gasteiger partial charge on any atom is -0.506 e. The van der Waals surface area contributed by atoms with Crippen LogP contribution in [0.4, 0.5) is 0 Å². The highest BCUT2D eigenvalue weighted by atomic mass is 16.5.